The molecule has 0 saturated heterocycles. The zero-order valence-corrected chi connectivity index (χ0v) is 19.5. The molecule has 148 valence electrons. The molecule has 0 fully saturated rings. The molecule has 0 bridgehead atoms. The third kappa shape index (κ3) is 8.13. The van der Waals surface area contributed by atoms with Crippen LogP contribution in [-0.2, 0) is 16.5 Å². The average Bonchev–Trinajstić information content (AvgIpc) is 2.63. The Kier molecular flexibility index (Phi) is 11.2. The first-order valence-corrected chi connectivity index (χ1v) is 10.9. The second kappa shape index (κ2) is 12.5. The molecule has 2 aromatic carbocycles. The van der Waals surface area contributed by atoms with Gasteiger partial charge in [0.1, 0.15) is 10.6 Å². The van der Waals surface area contributed by atoms with Gasteiger partial charge in [0.25, 0.3) is 10.1 Å². The molecule has 0 atom stereocenters. The van der Waals surface area contributed by atoms with Crippen LogP contribution in [0.2, 0.25) is 0 Å². The van der Waals surface area contributed by atoms with Crippen molar-refractivity contribution in [2.45, 2.75) is 63.2 Å². The summed E-state index contributed by atoms with van der Waals surface area (Å²) in [6, 6.07) is 10.4. The monoisotopic (exact) mass is 414 g/mol. The maximum Gasteiger partial charge on any atom is 1.00 e. The Morgan fingerprint density at radius 2 is 1.54 bits per heavy atom. The fourth-order valence-electron chi connectivity index (χ4n) is 2.98. The molecule has 0 radical (unpaired) electrons. The summed E-state index contributed by atoms with van der Waals surface area (Å²) in [6.45, 7) is 2.19. The first-order valence-electron chi connectivity index (χ1n) is 9.46. The van der Waals surface area contributed by atoms with Gasteiger partial charge in [0, 0.05) is 0 Å². The molecule has 0 amide bonds. The fourth-order valence-corrected chi connectivity index (χ4v) is 3.63. The molecule has 5 nitrogen and oxygen atoms in total. The minimum Gasteiger partial charge on any atom is -0.872 e. The van der Waals surface area contributed by atoms with Crippen LogP contribution in [0.15, 0.2) is 47.4 Å². The molecule has 1 N–H and O–H groups in total. The van der Waals surface area contributed by atoms with Gasteiger partial charge >= 0.3 is 29.6 Å². The van der Waals surface area contributed by atoms with E-state index in [9.17, 15) is 18.1 Å². The predicted molar refractivity (Wildman–Crippen MR) is 104 cm³/mol. The van der Waals surface area contributed by atoms with Crippen molar-refractivity contribution in [1.82, 2.24) is 0 Å². The van der Waals surface area contributed by atoms with Crippen LogP contribution >= 0.6 is 0 Å². The third-order valence-electron chi connectivity index (χ3n) is 4.43. The average molecular weight is 414 g/mol. The van der Waals surface area contributed by atoms with E-state index in [-0.39, 0.29) is 46.0 Å². The van der Waals surface area contributed by atoms with Crippen LogP contribution in [0.5, 0.6) is 17.2 Å². The molecule has 2 rings (SSSR count). The minimum atomic E-state index is -4.42. The minimum absolute atomic E-state index is 0. The zero-order valence-electron chi connectivity index (χ0n) is 16.7. The predicted octanol–water partition coefficient (Wildman–Crippen LogP) is 2.10. The maximum absolute atomic E-state index is 11.8. The molecule has 0 aliphatic rings. The van der Waals surface area contributed by atoms with Gasteiger partial charge in [0.2, 0.25) is 0 Å². The van der Waals surface area contributed by atoms with E-state index in [1.165, 1.54) is 56.0 Å². The van der Waals surface area contributed by atoms with E-state index in [0.29, 0.717) is 12.2 Å². The Morgan fingerprint density at radius 3 is 2.14 bits per heavy atom. The summed E-state index contributed by atoms with van der Waals surface area (Å²) in [5.74, 6) is 0.324. The molecule has 0 aliphatic heterocycles. The molecule has 0 aliphatic carbocycles. The van der Waals surface area contributed by atoms with Gasteiger partial charge in [-0.3, -0.25) is 4.55 Å². The van der Waals surface area contributed by atoms with Crippen molar-refractivity contribution < 1.29 is 52.4 Å². The van der Waals surface area contributed by atoms with Crippen LogP contribution in [0.1, 0.15) is 57.4 Å². The van der Waals surface area contributed by atoms with E-state index in [1.807, 2.05) is 6.07 Å². The van der Waals surface area contributed by atoms with Crippen LogP contribution in [0.4, 0.5) is 0 Å². The van der Waals surface area contributed by atoms with Crippen molar-refractivity contribution >= 4 is 10.1 Å². The van der Waals surface area contributed by atoms with E-state index in [4.69, 9.17) is 4.74 Å². The third-order valence-corrected chi connectivity index (χ3v) is 5.31. The van der Waals surface area contributed by atoms with E-state index in [1.54, 1.807) is 6.07 Å². The number of hydrogen-bond donors (Lipinski definition) is 1. The molecule has 7 heteroatoms. The molecule has 28 heavy (non-hydrogen) atoms. The Bertz CT molecular complexity index is 819. The molecule has 0 heterocycles. The first-order chi connectivity index (χ1) is 12.9. The van der Waals surface area contributed by atoms with Crippen LogP contribution in [-0.4, -0.2) is 13.0 Å². The number of hydrogen-bond acceptors (Lipinski definition) is 4. The molecular formula is C21H27NaO5S. The summed E-state index contributed by atoms with van der Waals surface area (Å²) in [5.41, 5.74) is 0.727. The van der Waals surface area contributed by atoms with Crippen LogP contribution < -0.4 is 39.4 Å². The summed E-state index contributed by atoms with van der Waals surface area (Å²) in [5, 5.41) is 11.2. The standard InChI is InChI=1S/C21H28O5S.Na/c1-2-3-4-5-6-7-8-10-17-11-9-12-20(27(23,24)25)21(17)26-19-15-13-18(22)14-16-19;/h9,11-16,22H,2-8,10H2,1H3,(H,23,24,25);/q;+1/p-1. The number of benzene rings is 2. The second-order valence-electron chi connectivity index (χ2n) is 6.66. The van der Waals surface area contributed by atoms with Gasteiger partial charge in [0.15, 0.2) is 5.75 Å². The fraction of sp³-hybridized carbons (Fsp3) is 0.429. The second-order valence-corrected chi connectivity index (χ2v) is 8.05. The van der Waals surface area contributed by atoms with Crippen LogP contribution in [0.3, 0.4) is 0 Å². The molecule has 0 aromatic heterocycles. The van der Waals surface area contributed by atoms with Gasteiger partial charge in [-0.2, -0.15) is 8.42 Å². The summed E-state index contributed by atoms with van der Waals surface area (Å²) in [7, 11) is -4.42. The largest absolute Gasteiger partial charge is 1.00 e. The molecule has 2 aromatic rings. The van der Waals surface area contributed by atoms with Gasteiger partial charge in [-0.15, -0.1) is 5.75 Å². The van der Waals surface area contributed by atoms with Crippen molar-refractivity contribution in [3.05, 3.63) is 48.0 Å². The van der Waals surface area contributed by atoms with Crippen molar-refractivity contribution in [3.8, 4) is 17.2 Å². The summed E-state index contributed by atoms with van der Waals surface area (Å²) >= 11 is 0. The number of unbranched alkanes of at least 4 members (excludes halogenated alkanes) is 6. The van der Waals surface area contributed by atoms with Crippen LogP contribution in [0.25, 0.3) is 0 Å². The molecule has 0 saturated carbocycles. The van der Waals surface area contributed by atoms with Gasteiger partial charge in [0.05, 0.1) is 0 Å². The van der Waals surface area contributed by atoms with E-state index in [2.05, 4.69) is 6.92 Å². The quantitative estimate of drug-likeness (QED) is 0.346. The number of aryl methyl sites for hydroxylation is 1. The van der Waals surface area contributed by atoms with Crippen LogP contribution in [0, 0.1) is 0 Å². The first kappa shape index (κ1) is 25.0. The van der Waals surface area contributed by atoms with Gasteiger partial charge < -0.3 is 9.84 Å². The zero-order chi connectivity index (χ0) is 19.7. The van der Waals surface area contributed by atoms with Crippen molar-refractivity contribution in [3.63, 3.8) is 0 Å². The summed E-state index contributed by atoms with van der Waals surface area (Å²) in [4.78, 5) is -0.255. The topological polar surface area (TPSA) is 86.7 Å². The SMILES string of the molecule is CCCCCCCCCc1cccc(S(=O)(=O)O)c1Oc1ccc([O-])cc1.[Na+]. The summed E-state index contributed by atoms with van der Waals surface area (Å²) < 4.78 is 38.8. The number of ether oxygens (including phenoxy) is 1. The maximum atomic E-state index is 11.8. The smallest absolute Gasteiger partial charge is 0.872 e. The Balaban J connectivity index is 0.00000392. The number of para-hydroxylation sites is 1. The van der Waals surface area contributed by atoms with Crippen molar-refractivity contribution in [1.29, 1.82) is 0 Å². The Labute approximate surface area is 190 Å². The van der Waals surface area contributed by atoms with E-state index in [0.717, 1.165) is 24.8 Å². The van der Waals surface area contributed by atoms with E-state index < -0.39 is 10.1 Å². The van der Waals surface area contributed by atoms with Gasteiger partial charge in [-0.1, -0.05) is 69.7 Å². The van der Waals surface area contributed by atoms with Crippen molar-refractivity contribution in [2.24, 2.45) is 0 Å². The molecule has 0 spiro atoms. The normalized spacial score (nSPS) is 11.1. The Hall–Kier alpha value is -1.05. The van der Waals surface area contributed by atoms with E-state index >= 15 is 0 Å². The summed E-state index contributed by atoms with van der Waals surface area (Å²) in [6.07, 6.45) is 8.72. The molecule has 0 unspecified atom stereocenters. The van der Waals surface area contributed by atoms with Gasteiger partial charge in [-0.25, -0.2) is 0 Å². The van der Waals surface area contributed by atoms with Gasteiger partial charge in [-0.05, 0) is 36.6 Å². The Morgan fingerprint density at radius 1 is 0.929 bits per heavy atom. The van der Waals surface area contributed by atoms with Crippen molar-refractivity contribution in [2.75, 3.05) is 0 Å². The molecular weight excluding hydrogens is 387 g/mol. The number of rotatable bonds is 11.